The number of para-hydroxylation sites is 2. The van der Waals surface area contributed by atoms with Crippen LogP contribution in [0.25, 0.3) is 28.1 Å². The van der Waals surface area contributed by atoms with E-state index in [4.69, 9.17) is 16.3 Å². The third-order valence-electron chi connectivity index (χ3n) is 5.10. The molecule has 0 aliphatic carbocycles. The lowest BCUT2D eigenvalue weighted by Gasteiger charge is -2.10. The maximum Gasteiger partial charge on any atom is 0.234 e. The summed E-state index contributed by atoms with van der Waals surface area (Å²) >= 11 is 7.44. The number of halogens is 1. The molecule has 2 aromatic heterocycles. The lowest BCUT2D eigenvalue weighted by molar-refractivity contribution is -0.113. The number of ether oxygens (including phenoxy) is 1. The smallest absolute Gasteiger partial charge is 0.234 e. The number of benzene rings is 3. The highest BCUT2D eigenvalue weighted by molar-refractivity contribution is 7.99. The largest absolute Gasteiger partial charge is 0.495 e. The second-order valence-electron chi connectivity index (χ2n) is 7.28. The molecular weight excluding hydrogens is 472 g/mol. The van der Waals surface area contributed by atoms with E-state index in [1.807, 2.05) is 59.2 Å². The lowest BCUT2D eigenvalue weighted by atomic mass is 10.2. The molecule has 0 fully saturated rings. The molecule has 1 amide bonds. The second kappa shape index (κ2) is 9.58. The summed E-state index contributed by atoms with van der Waals surface area (Å²) in [7, 11) is 1.54. The average molecular weight is 491 g/mol. The van der Waals surface area contributed by atoms with Crippen LogP contribution < -0.4 is 10.1 Å². The summed E-state index contributed by atoms with van der Waals surface area (Å²) in [5, 5.41) is 21.1. The number of rotatable bonds is 7. The molecule has 5 rings (SSSR count). The first-order valence-electron chi connectivity index (χ1n) is 10.3. The maximum atomic E-state index is 12.6. The topological polar surface area (TPSA) is 97.7 Å². The van der Waals surface area contributed by atoms with Gasteiger partial charge in [-0.15, -0.1) is 10.2 Å². The van der Waals surface area contributed by atoms with Gasteiger partial charge in [-0.25, -0.2) is 0 Å². The zero-order chi connectivity index (χ0) is 23.5. The number of hydrogen-bond acceptors (Lipinski definition) is 6. The number of hydrogen-bond donors (Lipinski definition) is 2. The summed E-state index contributed by atoms with van der Waals surface area (Å²) in [5.41, 5.74) is 3.06. The Labute approximate surface area is 204 Å². The second-order valence-corrected chi connectivity index (χ2v) is 8.63. The Bertz CT molecular complexity index is 1470. The van der Waals surface area contributed by atoms with Crippen LogP contribution in [0.3, 0.4) is 0 Å². The van der Waals surface area contributed by atoms with Gasteiger partial charge in [0.15, 0.2) is 11.0 Å². The Morgan fingerprint density at radius 1 is 1.09 bits per heavy atom. The van der Waals surface area contributed by atoms with Crippen LogP contribution in [0.4, 0.5) is 5.69 Å². The maximum absolute atomic E-state index is 12.6. The number of aromatic nitrogens is 5. The van der Waals surface area contributed by atoms with Crippen LogP contribution in [0.1, 0.15) is 0 Å². The highest BCUT2D eigenvalue weighted by Gasteiger charge is 2.21. The number of thioether (sulfide) groups is 1. The molecule has 5 aromatic rings. The minimum Gasteiger partial charge on any atom is -0.495 e. The van der Waals surface area contributed by atoms with Crippen molar-refractivity contribution in [2.24, 2.45) is 0 Å². The van der Waals surface area contributed by atoms with Gasteiger partial charge in [0.25, 0.3) is 0 Å². The molecule has 0 saturated carbocycles. The van der Waals surface area contributed by atoms with Crippen molar-refractivity contribution < 1.29 is 9.53 Å². The number of fused-ring (bicyclic) bond motifs is 1. The molecule has 8 nitrogen and oxygen atoms in total. The monoisotopic (exact) mass is 490 g/mol. The number of amides is 1. The van der Waals surface area contributed by atoms with Crippen LogP contribution in [-0.2, 0) is 4.79 Å². The number of H-pyrrole nitrogens is 1. The molecule has 0 bridgehead atoms. The first-order chi connectivity index (χ1) is 16.6. The Morgan fingerprint density at radius 3 is 2.68 bits per heavy atom. The number of nitrogens with one attached hydrogen (secondary N) is 2. The molecule has 3 aromatic carbocycles. The van der Waals surface area contributed by atoms with E-state index in [0.717, 1.165) is 16.6 Å². The molecule has 170 valence electrons. The van der Waals surface area contributed by atoms with Gasteiger partial charge in [-0.3, -0.25) is 14.5 Å². The SMILES string of the molecule is COc1ccc(NC(=O)CSc2nnc(-c3n[nH]c4ccccc34)n2-c2ccccc2)cc1Cl. The van der Waals surface area contributed by atoms with Crippen molar-refractivity contribution >= 4 is 45.9 Å². The molecule has 10 heteroatoms. The van der Waals surface area contributed by atoms with Gasteiger partial charge in [-0.1, -0.05) is 59.8 Å². The summed E-state index contributed by atoms with van der Waals surface area (Å²) in [6, 6.07) is 22.7. The van der Waals surface area contributed by atoms with Crippen molar-refractivity contribution in [2.45, 2.75) is 5.16 Å². The predicted molar refractivity (Wildman–Crippen MR) is 134 cm³/mol. The Balaban J connectivity index is 1.42. The number of nitrogens with zero attached hydrogens (tertiary/aromatic N) is 4. The third kappa shape index (κ3) is 4.35. The van der Waals surface area contributed by atoms with E-state index in [0.29, 0.717) is 33.1 Å². The summed E-state index contributed by atoms with van der Waals surface area (Å²) in [6.07, 6.45) is 0. The summed E-state index contributed by atoms with van der Waals surface area (Å²) < 4.78 is 7.06. The standard InChI is InChI=1S/C24H19ClN6O2S/c1-33-20-12-11-15(13-18(20)25)26-21(32)14-34-24-30-29-23(31(24)16-7-3-2-4-8-16)22-17-9-5-6-10-19(17)27-28-22/h2-13H,14H2,1H3,(H,26,32)(H,27,28). The molecular formula is C24H19ClN6O2S. The van der Waals surface area contributed by atoms with Crippen LogP contribution in [0.2, 0.25) is 5.02 Å². The average Bonchev–Trinajstić information content (AvgIpc) is 3.47. The normalized spacial score (nSPS) is 11.0. The first kappa shape index (κ1) is 22.0. The zero-order valence-electron chi connectivity index (χ0n) is 18.0. The summed E-state index contributed by atoms with van der Waals surface area (Å²) in [4.78, 5) is 12.6. The molecule has 0 aliphatic heterocycles. The highest BCUT2D eigenvalue weighted by Crippen LogP contribution is 2.31. The molecule has 2 heterocycles. The molecule has 0 spiro atoms. The molecule has 0 radical (unpaired) electrons. The van der Waals surface area contributed by atoms with Crippen LogP contribution in [-0.4, -0.2) is 43.7 Å². The van der Waals surface area contributed by atoms with E-state index in [1.54, 1.807) is 25.3 Å². The van der Waals surface area contributed by atoms with Crippen molar-refractivity contribution in [2.75, 3.05) is 18.2 Å². The lowest BCUT2D eigenvalue weighted by Crippen LogP contribution is -2.14. The van der Waals surface area contributed by atoms with Gasteiger partial charge in [0.1, 0.15) is 11.4 Å². The minimum atomic E-state index is -0.194. The minimum absolute atomic E-state index is 0.135. The van der Waals surface area contributed by atoms with Gasteiger partial charge < -0.3 is 10.1 Å². The van der Waals surface area contributed by atoms with Crippen molar-refractivity contribution in [3.05, 3.63) is 77.8 Å². The third-order valence-corrected chi connectivity index (χ3v) is 6.32. The van der Waals surface area contributed by atoms with Gasteiger partial charge in [-0.05, 0) is 36.4 Å². The molecule has 0 saturated heterocycles. The summed E-state index contributed by atoms with van der Waals surface area (Å²) in [5.74, 6) is 1.08. The van der Waals surface area contributed by atoms with E-state index in [2.05, 4.69) is 25.7 Å². The fraction of sp³-hybridized carbons (Fsp3) is 0.0833. The van der Waals surface area contributed by atoms with Gasteiger partial charge >= 0.3 is 0 Å². The van der Waals surface area contributed by atoms with Crippen LogP contribution >= 0.6 is 23.4 Å². The van der Waals surface area contributed by atoms with Crippen molar-refractivity contribution in [1.82, 2.24) is 25.0 Å². The van der Waals surface area contributed by atoms with E-state index in [1.165, 1.54) is 11.8 Å². The number of anilines is 1. The first-order valence-corrected chi connectivity index (χ1v) is 11.7. The fourth-order valence-corrected chi connectivity index (χ4v) is 4.54. The van der Waals surface area contributed by atoms with Gasteiger partial charge in [0.05, 0.1) is 23.4 Å². The van der Waals surface area contributed by atoms with Crippen LogP contribution in [0, 0.1) is 0 Å². The fourth-order valence-electron chi connectivity index (χ4n) is 3.53. The Morgan fingerprint density at radius 2 is 1.88 bits per heavy atom. The highest BCUT2D eigenvalue weighted by atomic mass is 35.5. The van der Waals surface area contributed by atoms with Crippen LogP contribution in [0.15, 0.2) is 78.0 Å². The van der Waals surface area contributed by atoms with Crippen molar-refractivity contribution in [3.63, 3.8) is 0 Å². The quantitative estimate of drug-likeness (QED) is 0.304. The molecule has 2 N–H and O–H groups in total. The number of aromatic amines is 1. The van der Waals surface area contributed by atoms with Crippen LogP contribution in [0.5, 0.6) is 5.75 Å². The molecule has 0 atom stereocenters. The number of carbonyl (C=O) groups is 1. The molecule has 0 aliphatic rings. The molecule has 34 heavy (non-hydrogen) atoms. The summed E-state index contributed by atoms with van der Waals surface area (Å²) in [6.45, 7) is 0. The molecule has 0 unspecified atom stereocenters. The van der Waals surface area contributed by atoms with E-state index < -0.39 is 0 Å². The van der Waals surface area contributed by atoms with E-state index in [-0.39, 0.29) is 11.7 Å². The van der Waals surface area contributed by atoms with Gasteiger partial charge in [-0.2, -0.15) is 5.10 Å². The van der Waals surface area contributed by atoms with Crippen molar-refractivity contribution in [3.8, 4) is 23.0 Å². The predicted octanol–water partition coefficient (Wildman–Crippen LogP) is 5.20. The number of methoxy groups -OCH3 is 1. The van der Waals surface area contributed by atoms with Crippen molar-refractivity contribution in [1.29, 1.82) is 0 Å². The Hall–Kier alpha value is -3.82. The Kier molecular flexibility index (Phi) is 6.20. The van der Waals surface area contributed by atoms with E-state index in [9.17, 15) is 4.79 Å². The zero-order valence-corrected chi connectivity index (χ0v) is 19.6. The van der Waals surface area contributed by atoms with E-state index >= 15 is 0 Å². The van der Waals surface area contributed by atoms with Gasteiger partial charge in [0, 0.05) is 16.8 Å². The van der Waals surface area contributed by atoms with Gasteiger partial charge in [0.2, 0.25) is 5.91 Å². The number of carbonyl (C=O) groups excluding carboxylic acids is 1.